The van der Waals surface area contributed by atoms with Crippen molar-refractivity contribution in [2.24, 2.45) is 0 Å². The van der Waals surface area contributed by atoms with Crippen molar-refractivity contribution in [3.63, 3.8) is 0 Å². The van der Waals surface area contributed by atoms with Crippen molar-refractivity contribution in [3.8, 4) is 0 Å². The molecule has 0 bridgehead atoms. The molecule has 2 heterocycles. The van der Waals surface area contributed by atoms with Gasteiger partial charge in [0.2, 0.25) is 0 Å². The predicted octanol–water partition coefficient (Wildman–Crippen LogP) is 3.25. The van der Waals surface area contributed by atoms with Crippen molar-refractivity contribution in [1.82, 2.24) is 10.2 Å². The van der Waals surface area contributed by atoms with Crippen LogP contribution in [0.3, 0.4) is 0 Å². The smallest absolute Gasteiger partial charge is 0.105 e. The van der Waals surface area contributed by atoms with E-state index in [2.05, 4.69) is 53.5 Å². The first-order valence-electron chi connectivity index (χ1n) is 7.91. The van der Waals surface area contributed by atoms with Crippen molar-refractivity contribution >= 4 is 0 Å². The summed E-state index contributed by atoms with van der Waals surface area (Å²) in [5.41, 5.74) is 1.38. The Bertz CT molecular complexity index is 523. The molecule has 1 saturated heterocycles. The van der Waals surface area contributed by atoms with Gasteiger partial charge in [-0.25, -0.2) is 0 Å². The minimum atomic E-state index is 0.436. The Kier molecular flexibility index (Phi) is 4.73. The molecule has 1 aromatic heterocycles. The molecule has 1 N–H and O–H groups in total. The number of nitrogens with zero attached hydrogens (tertiary/aromatic N) is 1. The van der Waals surface area contributed by atoms with Gasteiger partial charge in [0.1, 0.15) is 5.76 Å². The van der Waals surface area contributed by atoms with E-state index in [0.29, 0.717) is 12.1 Å². The van der Waals surface area contributed by atoms with E-state index in [4.69, 9.17) is 4.42 Å². The summed E-state index contributed by atoms with van der Waals surface area (Å²) in [5, 5.41) is 3.69. The molecule has 2 aromatic rings. The molecule has 0 radical (unpaired) electrons. The highest BCUT2D eigenvalue weighted by molar-refractivity contribution is 5.20. The molecule has 1 aromatic carbocycles. The van der Waals surface area contributed by atoms with E-state index >= 15 is 0 Å². The summed E-state index contributed by atoms with van der Waals surface area (Å²) in [6.45, 7) is 5.48. The summed E-state index contributed by atoms with van der Waals surface area (Å²) in [4.78, 5) is 2.61. The molecular weight excluding hydrogens is 260 g/mol. The second kappa shape index (κ2) is 6.92. The van der Waals surface area contributed by atoms with Crippen LogP contribution in [-0.2, 0) is 6.42 Å². The third-order valence-electron chi connectivity index (χ3n) is 4.43. The number of nitrogens with one attached hydrogen (secondary N) is 1. The first-order chi connectivity index (χ1) is 10.4. The fourth-order valence-electron chi connectivity index (χ4n) is 3.15. The lowest BCUT2D eigenvalue weighted by molar-refractivity contribution is 0.126. The Balaban J connectivity index is 1.64. The Morgan fingerprint density at radius 2 is 2.05 bits per heavy atom. The van der Waals surface area contributed by atoms with Crippen molar-refractivity contribution in [2.45, 2.75) is 31.8 Å². The van der Waals surface area contributed by atoms with E-state index in [0.717, 1.165) is 31.8 Å². The number of piperazine rings is 1. The SMILES string of the molecule is CCC1CNC(c2ccccc2)CN1CCc1ccco1. The Labute approximate surface area is 127 Å². The van der Waals surface area contributed by atoms with Gasteiger partial charge in [0.05, 0.1) is 6.26 Å². The number of rotatable bonds is 5. The maximum atomic E-state index is 5.46. The van der Waals surface area contributed by atoms with Crippen LogP contribution >= 0.6 is 0 Å². The molecular formula is C18H24N2O. The van der Waals surface area contributed by atoms with Crippen molar-refractivity contribution < 1.29 is 4.42 Å². The van der Waals surface area contributed by atoms with Crippen LogP contribution in [0.15, 0.2) is 53.1 Å². The first-order valence-corrected chi connectivity index (χ1v) is 7.91. The van der Waals surface area contributed by atoms with Gasteiger partial charge < -0.3 is 9.73 Å². The molecule has 1 aliphatic rings. The van der Waals surface area contributed by atoms with E-state index in [-0.39, 0.29) is 0 Å². The highest BCUT2D eigenvalue weighted by Crippen LogP contribution is 2.21. The summed E-state index contributed by atoms with van der Waals surface area (Å²) in [7, 11) is 0. The summed E-state index contributed by atoms with van der Waals surface area (Å²) in [6.07, 6.45) is 3.94. The van der Waals surface area contributed by atoms with Crippen molar-refractivity contribution in [1.29, 1.82) is 0 Å². The van der Waals surface area contributed by atoms with E-state index in [1.807, 2.05) is 6.07 Å². The van der Waals surface area contributed by atoms with Crippen LogP contribution in [0.2, 0.25) is 0 Å². The minimum absolute atomic E-state index is 0.436. The quantitative estimate of drug-likeness (QED) is 0.913. The van der Waals surface area contributed by atoms with Gasteiger partial charge in [-0.2, -0.15) is 0 Å². The molecule has 21 heavy (non-hydrogen) atoms. The second-order valence-corrected chi connectivity index (χ2v) is 5.76. The zero-order valence-electron chi connectivity index (χ0n) is 12.7. The highest BCUT2D eigenvalue weighted by Gasteiger charge is 2.27. The fraction of sp³-hybridized carbons (Fsp3) is 0.444. The molecule has 2 atom stereocenters. The Hall–Kier alpha value is -1.58. The van der Waals surface area contributed by atoms with Crippen LogP contribution in [-0.4, -0.2) is 30.6 Å². The number of hydrogen-bond acceptors (Lipinski definition) is 3. The van der Waals surface area contributed by atoms with Crippen LogP contribution in [0.5, 0.6) is 0 Å². The van der Waals surface area contributed by atoms with E-state index in [9.17, 15) is 0 Å². The first kappa shape index (κ1) is 14.4. The largest absolute Gasteiger partial charge is 0.469 e. The number of furan rings is 1. The maximum Gasteiger partial charge on any atom is 0.105 e. The highest BCUT2D eigenvalue weighted by atomic mass is 16.3. The fourth-order valence-corrected chi connectivity index (χ4v) is 3.15. The van der Waals surface area contributed by atoms with Gasteiger partial charge in [0.25, 0.3) is 0 Å². The summed E-state index contributed by atoms with van der Waals surface area (Å²) in [6, 6.07) is 15.9. The summed E-state index contributed by atoms with van der Waals surface area (Å²) in [5.74, 6) is 1.08. The lowest BCUT2D eigenvalue weighted by Crippen LogP contribution is -2.52. The molecule has 0 saturated carbocycles. The van der Waals surface area contributed by atoms with Gasteiger partial charge in [0, 0.05) is 38.1 Å². The van der Waals surface area contributed by atoms with Crippen LogP contribution in [0, 0.1) is 0 Å². The molecule has 0 spiro atoms. The molecule has 3 rings (SSSR count). The van der Waals surface area contributed by atoms with Gasteiger partial charge in [-0.15, -0.1) is 0 Å². The Morgan fingerprint density at radius 1 is 1.19 bits per heavy atom. The molecule has 3 heteroatoms. The minimum Gasteiger partial charge on any atom is -0.469 e. The molecule has 0 amide bonds. The van der Waals surface area contributed by atoms with Crippen molar-refractivity contribution in [3.05, 3.63) is 60.1 Å². The van der Waals surface area contributed by atoms with Gasteiger partial charge in [-0.05, 0) is 24.1 Å². The van der Waals surface area contributed by atoms with Crippen LogP contribution in [0.25, 0.3) is 0 Å². The third-order valence-corrected chi connectivity index (χ3v) is 4.43. The molecule has 112 valence electrons. The maximum absolute atomic E-state index is 5.46. The third kappa shape index (κ3) is 3.55. The summed E-state index contributed by atoms with van der Waals surface area (Å²) >= 11 is 0. The molecule has 2 unspecified atom stereocenters. The zero-order chi connectivity index (χ0) is 14.5. The van der Waals surface area contributed by atoms with Gasteiger partial charge in [-0.1, -0.05) is 37.3 Å². The standard InChI is InChI=1S/C18H24N2O/c1-2-16-13-19-18(15-7-4-3-5-8-15)14-20(16)11-10-17-9-6-12-21-17/h3-9,12,16,18-19H,2,10-11,13-14H2,1H3. The monoisotopic (exact) mass is 284 g/mol. The van der Waals surface area contributed by atoms with Crippen LogP contribution in [0.1, 0.15) is 30.7 Å². The number of hydrogen-bond donors (Lipinski definition) is 1. The van der Waals surface area contributed by atoms with Gasteiger partial charge >= 0.3 is 0 Å². The van der Waals surface area contributed by atoms with Gasteiger partial charge in [-0.3, -0.25) is 4.90 Å². The number of benzene rings is 1. The lowest BCUT2D eigenvalue weighted by Gasteiger charge is -2.40. The predicted molar refractivity (Wildman–Crippen MR) is 85.2 cm³/mol. The van der Waals surface area contributed by atoms with Crippen molar-refractivity contribution in [2.75, 3.05) is 19.6 Å². The Morgan fingerprint density at radius 3 is 2.76 bits per heavy atom. The normalized spacial score (nSPS) is 23.3. The van der Waals surface area contributed by atoms with E-state index < -0.39 is 0 Å². The molecule has 1 fully saturated rings. The average Bonchev–Trinajstić information content (AvgIpc) is 3.07. The molecule has 1 aliphatic heterocycles. The second-order valence-electron chi connectivity index (χ2n) is 5.76. The van der Waals surface area contributed by atoms with E-state index in [1.165, 1.54) is 12.0 Å². The molecule has 0 aliphatic carbocycles. The molecule has 3 nitrogen and oxygen atoms in total. The zero-order valence-corrected chi connectivity index (χ0v) is 12.7. The van der Waals surface area contributed by atoms with Gasteiger partial charge in [0.15, 0.2) is 0 Å². The van der Waals surface area contributed by atoms with Crippen LogP contribution < -0.4 is 5.32 Å². The van der Waals surface area contributed by atoms with E-state index in [1.54, 1.807) is 6.26 Å². The van der Waals surface area contributed by atoms with Crippen LogP contribution in [0.4, 0.5) is 0 Å². The lowest BCUT2D eigenvalue weighted by atomic mass is 10.0. The summed E-state index contributed by atoms with van der Waals surface area (Å²) < 4.78 is 5.46. The average molecular weight is 284 g/mol. The topological polar surface area (TPSA) is 28.4 Å².